The number of likely N-dealkylation sites (tertiary alicyclic amines) is 1. The Morgan fingerprint density at radius 1 is 1.15 bits per heavy atom. The van der Waals surface area contributed by atoms with E-state index in [1.165, 1.54) is 0 Å². The Hall–Kier alpha value is -2.44. The van der Waals surface area contributed by atoms with Crippen LogP contribution in [-0.4, -0.2) is 57.2 Å². The summed E-state index contributed by atoms with van der Waals surface area (Å²) in [6, 6.07) is 5.10. The number of urea groups is 1. The fourth-order valence-corrected chi connectivity index (χ4v) is 3.18. The molecule has 1 atom stereocenters. The Labute approximate surface area is 161 Å². The van der Waals surface area contributed by atoms with Gasteiger partial charge in [0.05, 0.1) is 14.2 Å². The van der Waals surface area contributed by atoms with Gasteiger partial charge in [-0.25, -0.2) is 4.79 Å². The van der Waals surface area contributed by atoms with Crippen molar-refractivity contribution in [1.29, 1.82) is 0 Å². The molecule has 7 heteroatoms. The number of methoxy groups -OCH3 is 2. The van der Waals surface area contributed by atoms with E-state index in [1.807, 2.05) is 4.90 Å². The largest absolute Gasteiger partial charge is 0.497 e. The van der Waals surface area contributed by atoms with Crippen molar-refractivity contribution >= 4 is 11.9 Å². The third-order valence-corrected chi connectivity index (χ3v) is 4.78. The number of unbranched alkanes of at least 4 members (excludes halogenated alkanes) is 1. The number of benzene rings is 1. The summed E-state index contributed by atoms with van der Waals surface area (Å²) in [7, 11) is 3.11. The van der Waals surface area contributed by atoms with Crippen LogP contribution in [0, 0.1) is 5.92 Å². The first-order chi connectivity index (χ1) is 13.1. The van der Waals surface area contributed by atoms with Crippen LogP contribution in [0.1, 0.15) is 43.0 Å². The number of amides is 3. The molecule has 1 aromatic carbocycles. The average molecular weight is 377 g/mol. The molecule has 0 aromatic heterocycles. The highest BCUT2D eigenvalue weighted by Gasteiger charge is 2.24. The molecule has 0 aliphatic carbocycles. The highest BCUT2D eigenvalue weighted by atomic mass is 16.5. The lowest BCUT2D eigenvalue weighted by Crippen LogP contribution is -2.47. The summed E-state index contributed by atoms with van der Waals surface area (Å²) in [5.74, 6) is 1.24. The predicted octanol–water partition coefficient (Wildman–Crippen LogP) is 2.66. The molecular formula is C20H31N3O4. The molecule has 1 aliphatic heterocycles. The fourth-order valence-electron chi connectivity index (χ4n) is 3.18. The molecule has 1 aliphatic rings. The Morgan fingerprint density at radius 3 is 2.48 bits per heavy atom. The van der Waals surface area contributed by atoms with Crippen LogP contribution in [0.5, 0.6) is 11.5 Å². The Kier molecular flexibility index (Phi) is 8.23. The maximum absolute atomic E-state index is 12.5. The molecule has 2 rings (SSSR count). The van der Waals surface area contributed by atoms with Gasteiger partial charge in [0, 0.05) is 37.8 Å². The van der Waals surface area contributed by atoms with Crippen LogP contribution in [0.4, 0.5) is 4.79 Å². The maximum Gasteiger partial charge on any atom is 0.317 e. The topological polar surface area (TPSA) is 79.9 Å². The first-order valence-electron chi connectivity index (χ1n) is 9.61. The van der Waals surface area contributed by atoms with Gasteiger partial charge in [-0.3, -0.25) is 4.79 Å². The van der Waals surface area contributed by atoms with Crippen LogP contribution in [0.15, 0.2) is 18.2 Å². The lowest BCUT2D eigenvalue weighted by Gasteiger charge is -2.33. The number of carbonyl (C=O) groups excluding carboxylic acids is 2. The smallest absolute Gasteiger partial charge is 0.317 e. The molecule has 1 heterocycles. The van der Waals surface area contributed by atoms with Gasteiger partial charge in [0.25, 0.3) is 5.91 Å². The van der Waals surface area contributed by atoms with Gasteiger partial charge in [-0.15, -0.1) is 0 Å². The van der Waals surface area contributed by atoms with Crippen LogP contribution in [0.3, 0.4) is 0 Å². The second-order valence-corrected chi connectivity index (χ2v) is 6.85. The van der Waals surface area contributed by atoms with Crippen molar-refractivity contribution in [3.63, 3.8) is 0 Å². The molecule has 27 heavy (non-hydrogen) atoms. The quantitative estimate of drug-likeness (QED) is 0.683. The van der Waals surface area contributed by atoms with Gasteiger partial charge < -0.3 is 25.0 Å². The van der Waals surface area contributed by atoms with Crippen molar-refractivity contribution in [3.05, 3.63) is 23.8 Å². The van der Waals surface area contributed by atoms with Gasteiger partial charge in [0.15, 0.2) is 0 Å². The number of nitrogens with zero attached hydrogens (tertiary/aromatic N) is 1. The van der Waals surface area contributed by atoms with Crippen molar-refractivity contribution in [2.75, 3.05) is 40.4 Å². The highest BCUT2D eigenvalue weighted by Crippen LogP contribution is 2.22. The van der Waals surface area contributed by atoms with E-state index in [-0.39, 0.29) is 17.9 Å². The summed E-state index contributed by atoms with van der Waals surface area (Å²) in [6.07, 6.45) is 4.00. The standard InChI is InChI=1S/C20H31N3O4/c1-4-5-8-21-20(25)23-9-6-7-15(14-23)13-22-19(24)16-10-17(26-2)12-18(11-16)27-3/h10-12,15H,4-9,13-14H2,1-3H3,(H,21,25)(H,22,24)/t15-/m0/s1. The number of piperidine rings is 1. The molecule has 1 fully saturated rings. The number of hydrogen-bond acceptors (Lipinski definition) is 4. The van der Waals surface area contributed by atoms with E-state index in [0.29, 0.717) is 36.7 Å². The third-order valence-electron chi connectivity index (χ3n) is 4.78. The molecule has 0 unspecified atom stereocenters. The van der Waals surface area contributed by atoms with Crippen LogP contribution in [0.25, 0.3) is 0 Å². The molecule has 3 amide bonds. The van der Waals surface area contributed by atoms with Crippen LogP contribution < -0.4 is 20.1 Å². The number of ether oxygens (including phenoxy) is 2. The van der Waals surface area contributed by atoms with Gasteiger partial charge in [0.1, 0.15) is 11.5 Å². The zero-order valence-electron chi connectivity index (χ0n) is 16.5. The number of carbonyl (C=O) groups is 2. The summed E-state index contributed by atoms with van der Waals surface area (Å²) in [4.78, 5) is 26.6. The minimum Gasteiger partial charge on any atom is -0.497 e. The number of hydrogen-bond donors (Lipinski definition) is 2. The van der Waals surface area contributed by atoms with Gasteiger partial charge >= 0.3 is 6.03 Å². The van der Waals surface area contributed by atoms with Gasteiger partial charge in [-0.1, -0.05) is 13.3 Å². The van der Waals surface area contributed by atoms with E-state index in [2.05, 4.69) is 17.6 Å². The zero-order valence-corrected chi connectivity index (χ0v) is 16.5. The SMILES string of the molecule is CCCCNC(=O)N1CCC[C@@H](CNC(=O)c2cc(OC)cc(OC)c2)C1. The minimum atomic E-state index is -0.170. The molecule has 7 nitrogen and oxygen atoms in total. The summed E-state index contributed by atoms with van der Waals surface area (Å²) >= 11 is 0. The van der Waals surface area contributed by atoms with Gasteiger partial charge in [-0.05, 0) is 37.3 Å². The van der Waals surface area contributed by atoms with E-state index in [9.17, 15) is 9.59 Å². The highest BCUT2D eigenvalue weighted by molar-refractivity contribution is 5.95. The molecule has 150 valence electrons. The molecule has 1 aromatic rings. The summed E-state index contributed by atoms with van der Waals surface area (Å²) in [5, 5.41) is 5.94. The first-order valence-corrected chi connectivity index (χ1v) is 9.61. The molecule has 2 N–H and O–H groups in total. The normalized spacial score (nSPS) is 16.6. The first kappa shape index (κ1) is 20.9. The zero-order chi connectivity index (χ0) is 19.6. The van der Waals surface area contributed by atoms with E-state index in [1.54, 1.807) is 32.4 Å². The molecular weight excluding hydrogens is 346 g/mol. The second kappa shape index (κ2) is 10.6. The summed E-state index contributed by atoms with van der Waals surface area (Å²) in [6.45, 7) is 4.79. The predicted molar refractivity (Wildman–Crippen MR) is 104 cm³/mol. The van der Waals surface area contributed by atoms with Crippen molar-refractivity contribution in [2.45, 2.75) is 32.6 Å². The third kappa shape index (κ3) is 6.34. The van der Waals surface area contributed by atoms with E-state index < -0.39 is 0 Å². The molecule has 0 spiro atoms. The van der Waals surface area contributed by atoms with E-state index >= 15 is 0 Å². The Bertz CT molecular complexity index is 613. The van der Waals surface area contributed by atoms with Gasteiger partial charge in [0.2, 0.25) is 0 Å². The van der Waals surface area contributed by atoms with Crippen molar-refractivity contribution in [3.8, 4) is 11.5 Å². The van der Waals surface area contributed by atoms with Crippen LogP contribution >= 0.6 is 0 Å². The second-order valence-electron chi connectivity index (χ2n) is 6.85. The lowest BCUT2D eigenvalue weighted by atomic mass is 9.98. The van der Waals surface area contributed by atoms with Crippen molar-refractivity contribution < 1.29 is 19.1 Å². The van der Waals surface area contributed by atoms with E-state index in [0.717, 1.165) is 32.2 Å². The Morgan fingerprint density at radius 2 is 1.85 bits per heavy atom. The Balaban J connectivity index is 1.86. The van der Waals surface area contributed by atoms with Crippen LogP contribution in [0.2, 0.25) is 0 Å². The number of rotatable bonds is 8. The van der Waals surface area contributed by atoms with Crippen molar-refractivity contribution in [2.24, 2.45) is 5.92 Å². The minimum absolute atomic E-state index is 0.00277. The molecule has 0 saturated carbocycles. The summed E-state index contributed by atoms with van der Waals surface area (Å²) in [5.41, 5.74) is 0.496. The molecule has 0 radical (unpaired) electrons. The molecule has 1 saturated heterocycles. The van der Waals surface area contributed by atoms with Gasteiger partial charge in [-0.2, -0.15) is 0 Å². The maximum atomic E-state index is 12.5. The number of nitrogens with one attached hydrogen (secondary N) is 2. The fraction of sp³-hybridized carbons (Fsp3) is 0.600. The monoisotopic (exact) mass is 377 g/mol. The lowest BCUT2D eigenvalue weighted by molar-refractivity contribution is 0.0937. The average Bonchev–Trinajstić information content (AvgIpc) is 2.71. The van der Waals surface area contributed by atoms with Crippen LogP contribution in [-0.2, 0) is 0 Å². The van der Waals surface area contributed by atoms with E-state index in [4.69, 9.17) is 9.47 Å². The van der Waals surface area contributed by atoms with Crippen molar-refractivity contribution in [1.82, 2.24) is 15.5 Å². The molecule has 0 bridgehead atoms. The summed E-state index contributed by atoms with van der Waals surface area (Å²) < 4.78 is 10.4.